The molecule has 3 N–H and O–H groups in total. The van der Waals surface area contributed by atoms with Crippen LogP contribution in [0.5, 0.6) is 0 Å². The molecule has 0 radical (unpaired) electrons. The first-order valence-electron chi connectivity index (χ1n) is 6.98. The Bertz CT molecular complexity index is 518. The highest BCUT2D eigenvalue weighted by atomic mass is 19.1. The Kier molecular flexibility index (Phi) is 4.90. The predicted octanol–water partition coefficient (Wildman–Crippen LogP) is 1.65. The first kappa shape index (κ1) is 15.4. The number of carboxylic acid groups (broad SMARTS) is 1. The Morgan fingerprint density at radius 1 is 1.38 bits per heavy atom. The Labute approximate surface area is 122 Å². The number of alkyl halides is 1. The van der Waals surface area contributed by atoms with E-state index in [4.69, 9.17) is 5.11 Å². The number of carboxylic acids is 1. The number of aromatic carboxylic acids is 1. The molecule has 6 heteroatoms. The van der Waals surface area contributed by atoms with Crippen molar-refractivity contribution in [3.8, 4) is 0 Å². The lowest BCUT2D eigenvalue weighted by Gasteiger charge is -2.26. The fraction of sp³-hybridized carbons (Fsp3) is 0.467. The molecule has 0 bridgehead atoms. The van der Waals surface area contributed by atoms with Gasteiger partial charge >= 0.3 is 5.97 Å². The second kappa shape index (κ2) is 6.67. The maximum Gasteiger partial charge on any atom is 0.335 e. The van der Waals surface area contributed by atoms with Crippen molar-refractivity contribution in [1.82, 2.24) is 10.6 Å². The Hall–Kier alpha value is -1.95. The van der Waals surface area contributed by atoms with Gasteiger partial charge in [-0.05, 0) is 37.6 Å². The zero-order valence-corrected chi connectivity index (χ0v) is 11.8. The van der Waals surface area contributed by atoms with E-state index in [0.29, 0.717) is 13.0 Å². The molecule has 1 saturated heterocycles. The number of carbonyl (C=O) groups excluding carboxylic acids is 1. The minimum Gasteiger partial charge on any atom is -0.478 e. The van der Waals surface area contributed by atoms with Crippen LogP contribution in [0.3, 0.4) is 0 Å². The molecule has 1 unspecified atom stereocenters. The predicted molar refractivity (Wildman–Crippen MR) is 75.9 cm³/mol. The second-order valence-corrected chi connectivity index (χ2v) is 5.29. The lowest BCUT2D eigenvalue weighted by Crippen LogP contribution is -2.49. The molecule has 1 aromatic rings. The summed E-state index contributed by atoms with van der Waals surface area (Å²) in [6, 6.07) is 5.56. The van der Waals surface area contributed by atoms with Crippen molar-refractivity contribution in [2.45, 2.75) is 38.0 Å². The van der Waals surface area contributed by atoms with Crippen LogP contribution in [0.4, 0.5) is 4.39 Å². The van der Waals surface area contributed by atoms with E-state index in [0.717, 1.165) is 5.56 Å². The van der Waals surface area contributed by atoms with E-state index >= 15 is 0 Å². The highest BCUT2D eigenvalue weighted by Gasteiger charge is 2.27. The summed E-state index contributed by atoms with van der Waals surface area (Å²) < 4.78 is 13.3. The number of nitrogens with one attached hydrogen (secondary N) is 2. The van der Waals surface area contributed by atoms with E-state index in [1.165, 1.54) is 12.1 Å². The van der Waals surface area contributed by atoms with Gasteiger partial charge in [0, 0.05) is 6.42 Å². The molecule has 5 nitrogen and oxygen atoms in total. The van der Waals surface area contributed by atoms with Gasteiger partial charge in [0.05, 0.1) is 17.6 Å². The molecule has 3 atom stereocenters. The zero-order chi connectivity index (χ0) is 15.4. The lowest BCUT2D eigenvalue weighted by molar-refractivity contribution is -0.124. The van der Waals surface area contributed by atoms with E-state index in [2.05, 4.69) is 10.6 Å². The van der Waals surface area contributed by atoms with Crippen molar-refractivity contribution in [3.63, 3.8) is 0 Å². The van der Waals surface area contributed by atoms with Gasteiger partial charge in [-0.15, -0.1) is 0 Å². The van der Waals surface area contributed by atoms with Crippen LogP contribution in [-0.2, 0) is 4.79 Å². The molecule has 1 aliphatic rings. The number of piperidine rings is 1. The van der Waals surface area contributed by atoms with Crippen LogP contribution in [0.2, 0.25) is 0 Å². The van der Waals surface area contributed by atoms with Gasteiger partial charge in [0.25, 0.3) is 0 Å². The fourth-order valence-electron chi connectivity index (χ4n) is 2.38. The molecule has 21 heavy (non-hydrogen) atoms. The highest BCUT2D eigenvalue weighted by molar-refractivity contribution is 5.87. The lowest BCUT2D eigenvalue weighted by atomic mass is 10.0. The number of rotatable bonds is 4. The SMILES string of the molecule is C[C@H](NC(=O)[C@H]1CC(F)CCN1)c1ccc(C(=O)O)cc1. The molecular weight excluding hydrogens is 275 g/mol. The normalized spacial score (nSPS) is 23.3. The van der Waals surface area contributed by atoms with E-state index < -0.39 is 18.2 Å². The first-order valence-corrected chi connectivity index (χ1v) is 6.98. The van der Waals surface area contributed by atoms with E-state index in [1.54, 1.807) is 12.1 Å². The molecule has 1 heterocycles. The number of hydrogen-bond acceptors (Lipinski definition) is 3. The standard InChI is InChI=1S/C15H19FN2O3/c1-9(10-2-4-11(5-3-10)15(20)21)18-14(19)13-8-12(16)6-7-17-13/h2-5,9,12-13,17H,6-8H2,1H3,(H,18,19)(H,20,21)/t9-,12?,13+/m0/s1. The molecule has 0 saturated carbocycles. The molecule has 1 aliphatic heterocycles. The van der Waals surface area contributed by atoms with E-state index in [-0.39, 0.29) is 23.9 Å². The average Bonchev–Trinajstić information content (AvgIpc) is 2.47. The topological polar surface area (TPSA) is 78.4 Å². The van der Waals surface area contributed by atoms with Gasteiger partial charge < -0.3 is 15.7 Å². The molecule has 2 rings (SSSR count). The third-order valence-corrected chi connectivity index (χ3v) is 3.67. The minimum atomic E-state index is -0.987. The molecule has 1 aromatic carbocycles. The summed E-state index contributed by atoms with van der Waals surface area (Å²) in [5.41, 5.74) is 1.01. The summed E-state index contributed by atoms with van der Waals surface area (Å²) in [5, 5.41) is 14.7. The maximum atomic E-state index is 13.3. The van der Waals surface area contributed by atoms with Gasteiger partial charge in [0.15, 0.2) is 0 Å². The Morgan fingerprint density at radius 3 is 2.62 bits per heavy atom. The quantitative estimate of drug-likeness (QED) is 0.789. The molecule has 1 amide bonds. The van der Waals surface area contributed by atoms with Crippen molar-refractivity contribution in [2.24, 2.45) is 0 Å². The van der Waals surface area contributed by atoms with Crippen molar-refractivity contribution >= 4 is 11.9 Å². The summed E-state index contributed by atoms with van der Waals surface area (Å²) in [6.45, 7) is 2.31. The van der Waals surface area contributed by atoms with Crippen LogP contribution in [0.1, 0.15) is 41.7 Å². The molecule has 0 aromatic heterocycles. The van der Waals surface area contributed by atoms with Crippen LogP contribution in [0.25, 0.3) is 0 Å². The first-order chi connectivity index (χ1) is 9.97. The number of benzene rings is 1. The van der Waals surface area contributed by atoms with Crippen LogP contribution in [0.15, 0.2) is 24.3 Å². The third-order valence-electron chi connectivity index (χ3n) is 3.67. The monoisotopic (exact) mass is 294 g/mol. The third kappa shape index (κ3) is 4.01. The average molecular weight is 294 g/mol. The summed E-state index contributed by atoms with van der Waals surface area (Å²) >= 11 is 0. The Balaban J connectivity index is 1.95. The summed E-state index contributed by atoms with van der Waals surface area (Å²) in [6.07, 6.45) is -0.306. The van der Waals surface area contributed by atoms with E-state index in [1.807, 2.05) is 6.92 Å². The second-order valence-electron chi connectivity index (χ2n) is 5.29. The summed E-state index contributed by atoms with van der Waals surface area (Å²) in [4.78, 5) is 22.9. The van der Waals surface area contributed by atoms with Crippen molar-refractivity contribution < 1.29 is 19.1 Å². The van der Waals surface area contributed by atoms with Gasteiger partial charge in [0.1, 0.15) is 6.17 Å². The molecule has 1 fully saturated rings. The highest BCUT2D eigenvalue weighted by Crippen LogP contribution is 2.16. The molecule has 114 valence electrons. The number of carbonyl (C=O) groups is 2. The summed E-state index contributed by atoms with van der Waals surface area (Å²) in [7, 11) is 0. The van der Waals surface area contributed by atoms with Gasteiger partial charge in [-0.3, -0.25) is 4.79 Å². The number of hydrogen-bond donors (Lipinski definition) is 3. The fourth-order valence-corrected chi connectivity index (χ4v) is 2.38. The van der Waals surface area contributed by atoms with Crippen LogP contribution in [0, 0.1) is 0 Å². The van der Waals surface area contributed by atoms with Crippen molar-refractivity contribution in [3.05, 3.63) is 35.4 Å². The molecular formula is C15H19FN2O3. The maximum absolute atomic E-state index is 13.3. The van der Waals surface area contributed by atoms with Crippen molar-refractivity contribution in [1.29, 1.82) is 0 Å². The van der Waals surface area contributed by atoms with Crippen LogP contribution >= 0.6 is 0 Å². The van der Waals surface area contributed by atoms with Gasteiger partial charge in [0.2, 0.25) is 5.91 Å². The zero-order valence-electron chi connectivity index (χ0n) is 11.8. The largest absolute Gasteiger partial charge is 0.478 e. The Morgan fingerprint density at radius 2 is 2.05 bits per heavy atom. The number of halogens is 1. The van der Waals surface area contributed by atoms with Crippen LogP contribution < -0.4 is 10.6 Å². The van der Waals surface area contributed by atoms with E-state index in [9.17, 15) is 14.0 Å². The van der Waals surface area contributed by atoms with Gasteiger partial charge in [-0.1, -0.05) is 12.1 Å². The molecule has 0 aliphatic carbocycles. The number of amides is 1. The van der Waals surface area contributed by atoms with Crippen LogP contribution in [-0.4, -0.2) is 35.7 Å². The smallest absolute Gasteiger partial charge is 0.335 e. The summed E-state index contributed by atoms with van der Waals surface area (Å²) in [5.74, 6) is -1.22. The van der Waals surface area contributed by atoms with Gasteiger partial charge in [-0.2, -0.15) is 0 Å². The molecule has 0 spiro atoms. The van der Waals surface area contributed by atoms with Gasteiger partial charge in [-0.25, -0.2) is 9.18 Å². The van der Waals surface area contributed by atoms with Crippen molar-refractivity contribution in [2.75, 3.05) is 6.54 Å². The minimum absolute atomic E-state index is 0.191.